The second-order valence-electron chi connectivity index (χ2n) is 6.53. The van der Waals surface area contributed by atoms with Gasteiger partial charge in [-0.1, -0.05) is 20.8 Å². The summed E-state index contributed by atoms with van der Waals surface area (Å²) in [5.74, 6) is 0.427. The molecular formula is C17H27N3O2S. The van der Waals surface area contributed by atoms with E-state index in [2.05, 4.69) is 24.1 Å². The third-order valence-corrected chi connectivity index (χ3v) is 5.10. The molecule has 2 unspecified atom stereocenters. The van der Waals surface area contributed by atoms with E-state index < -0.39 is 0 Å². The van der Waals surface area contributed by atoms with E-state index >= 15 is 0 Å². The van der Waals surface area contributed by atoms with Gasteiger partial charge in [-0.25, -0.2) is 4.98 Å². The fraction of sp³-hybridized carbons (Fsp3) is 0.706. The molecule has 1 N–H and O–H groups in total. The Morgan fingerprint density at radius 2 is 2.22 bits per heavy atom. The van der Waals surface area contributed by atoms with Crippen LogP contribution in [0.25, 0.3) is 0 Å². The summed E-state index contributed by atoms with van der Waals surface area (Å²) >= 11 is 1.55. The van der Waals surface area contributed by atoms with E-state index in [1.807, 2.05) is 12.3 Å². The zero-order chi connectivity index (χ0) is 16.8. The van der Waals surface area contributed by atoms with E-state index in [1.54, 1.807) is 22.4 Å². The molecule has 0 saturated carbocycles. The second kappa shape index (κ2) is 8.43. The smallest absolute Gasteiger partial charge is 0.243 e. The molecule has 2 rings (SSSR count). The SMILES string of the molecule is CCC(NC(=O)C(CC(C)C)N1CCCCC1=O)c1nccs1. The van der Waals surface area contributed by atoms with Crippen LogP contribution in [0.4, 0.5) is 0 Å². The van der Waals surface area contributed by atoms with Crippen molar-refractivity contribution in [2.45, 2.75) is 65.0 Å². The molecule has 0 bridgehead atoms. The normalized spacial score (nSPS) is 18.1. The Morgan fingerprint density at radius 3 is 2.78 bits per heavy atom. The number of nitrogens with zero attached hydrogens (tertiary/aromatic N) is 2. The van der Waals surface area contributed by atoms with Crippen LogP contribution in [0.2, 0.25) is 0 Å². The van der Waals surface area contributed by atoms with E-state index in [9.17, 15) is 9.59 Å². The molecule has 0 aliphatic carbocycles. The highest BCUT2D eigenvalue weighted by atomic mass is 32.1. The number of likely N-dealkylation sites (tertiary alicyclic amines) is 1. The third-order valence-electron chi connectivity index (χ3n) is 4.21. The van der Waals surface area contributed by atoms with E-state index in [0.717, 1.165) is 24.3 Å². The van der Waals surface area contributed by atoms with Gasteiger partial charge in [0.05, 0.1) is 6.04 Å². The lowest BCUT2D eigenvalue weighted by atomic mass is 9.98. The Morgan fingerprint density at radius 1 is 1.43 bits per heavy atom. The van der Waals surface area contributed by atoms with Gasteiger partial charge in [0.2, 0.25) is 11.8 Å². The van der Waals surface area contributed by atoms with Gasteiger partial charge in [-0.15, -0.1) is 11.3 Å². The zero-order valence-corrected chi connectivity index (χ0v) is 15.1. The van der Waals surface area contributed by atoms with Crippen LogP contribution in [-0.4, -0.2) is 34.3 Å². The van der Waals surface area contributed by atoms with Crippen molar-refractivity contribution in [2.24, 2.45) is 5.92 Å². The minimum Gasteiger partial charge on any atom is -0.345 e. The van der Waals surface area contributed by atoms with Gasteiger partial charge in [-0.05, 0) is 31.6 Å². The van der Waals surface area contributed by atoms with Gasteiger partial charge in [0.15, 0.2) is 0 Å². The van der Waals surface area contributed by atoms with Crippen molar-refractivity contribution in [3.05, 3.63) is 16.6 Å². The predicted molar refractivity (Wildman–Crippen MR) is 92.1 cm³/mol. The summed E-state index contributed by atoms with van der Waals surface area (Å²) in [6.07, 6.45) is 5.73. The number of hydrogen-bond donors (Lipinski definition) is 1. The van der Waals surface area contributed by atoms with Gasteiger partial charge in [0.1, 0.15) is 11.0 Å². The van der Waals surface area contributed by atoms with Crippen molar-refractivity contribution in [3.8, 4) is 0 Å². The third kappa shape index (κ3) is 4.77. The Labute approximate surface area is 142 Å². The molecule has 1 saturated heterocycles. The molecular weight excluding hydrogens is 310 g/mol. The summed E-state index contributed by atoms with van der Waals surface area (Å²) in [4.78, 5) is 31.2. The Hall–Kier alpha value is -1.43. The molecule has 1 aromatic rings. The first-order valence-electron chi connectivity index (χ1n) is 8.52. The fourth-order valence-electron chi connectivity index (χ4n) is 2.99. The molecule has 6 heteroatoms. The highest BCUT2D eigenvalue weighted by Crippen LogP contribution is 2.22. The molecule has 1 fully saturated rings. The second-order valence-corrected chi connectivity index (χ2v) is 7.46. The van der Waals surface area contributed by atoms with E-state index in [1.165, 1.54) is 0 Å². The number of hydrogen-bond acceptors (Lipinski definition) is 4. The van der Waals surface area contributed by atoms with E-state index in [-0.39, 0.29) is 23.9 Å². The molecule has 5 nitrogen and oxygen atoms in total. The number of carbonyl (C=O) groups is 2. The lowest BCUT2D eigenvalue weighted by Crippen LogP contribution is -2.52. The summed E-state index contributed by atoms with van der Waals surface area (Å²) in [5, 5.41) is 5.95. The van der Waals surface area contributed by atoms with Crippen LogP contribution < -0.4 is 5.32 Å². The van der Waals surface area contributed by atoms with Gasteiger partial charge < -0.3 is 10.2 Å². The van der Waals surface area contributed by atoms with Crippen LogP contribution in [0.3, 0.4) is 0 Å². The average Bonchev–Trinajstić information content (AvgIpc) is 3.05. The summed E-state index contributed by atoms with van der Waals surface area (Å²) in [5.41, 5.74) is 0. The first-order chi connectivity index (χ1) is 11.0. The molecule has 1 aromatic heterocycles. The van der Waals surface area contributed by atoms with Crippen molar-refractivity contribution >= 4 is 23.2 Å². The molecule has 2 heterocycles. The quantitative estimate of drug-likeness (QED) is 0.831. The zero-order valence-electron chi connectivity index (χ0n) is 14.2. The molecule has 0 aromatic carbocycles. The Kier molecular flexibility index (Phi) is 6.57. The molecule has 128 valence electrons. The average molecular weight is 337 g/mol. The van der Waals surface area contributed by atoms with Crippen LogP contribution >= 0.6 is 11.3 Å². The number of rotatable bonds is 7. The number of piperidine rings is 1. The number of nitrogens with one attached hydrogen (secondary N) is 1. The minimum atomic E-state index is -0.364. The molecule has 0 spiro atoms. The van der Waals surface area contributed by atoms with Crippen molar-refractivity contribution in [1.29, 1.82) is 0 Å². The lowest BCUT2D eigenvalue weighted by molar-refractivity contribution is -0.143. The molecule has 23 heavy (non-hydrogen) atoms. The largest absolute Gasteiger partial charge is 0.345 e. The van der Waals surface area contributed by atoms with Crippen LogP contribution in [0.15, 0.2) is 11.6 Å². The predicted octanol–water partition coefficient (Wildman–Crippen LogP) is 3.14. The standard InChI is InChI=1S/C17H27N3O2S/c1-4-13(17-18-8-10-23-17)19-16(22)14(11-12(2)3)20-9-6-5-7-15(20)21/h8,10,12-14H,4-7,9,11H2,1-3H3,(H,19,22). The first kappa shape index (κ1) is 17.9. The maximum atomic E-state index is 12.9. The summed E-state index contributed by atoms with van der Waals surface area (Å²) in [6.45, 7) is 6.91. The number of amides is 2. The van der Waals surface area contributed by atoms with Crippen LogP contribution in [-0.2, 0) is 9.59 Å². The van der Waals surface area contributed by atoms with Crippen LogP contribution in [0.1, 0.15) is 63.9 Å². The Balaban J connectivity index is 2.10. The maximum Gasteiger partial charge on any atom is 0.243 e. The van der Waals surface area contributed by atoms with Gasteiger partial charge in [-0.2, -0.15) is 0 Å². The van der Waals surface area contributed by atoms with Gasteiger partial charge in [0, 0.05) is 24.5 Å². The molecule has 0 radical (unpaired) electrons. The van der Waals surface area contributed by atoms with E-state index in [0.29, 0.717) is 25.3 Å². The summed E-state index contributed by atoms with van der Waals surface area (Å²) < 4.78 is 0. The number of aromatic nitrogens is 1. The van der Waals surface area contributed by atoms with Crippen LogP contribution in [0, 0.1) is 5.92 Å². The summed E-state index contributed by atoms with van der Waals surface area (Å²) in [7, 11) is 0. The minimum absolute atomic E-state index is 0.0454. The fourth-order valence-corrected chi connectivity index (χ4v) is 3.76. The topological polar surface area (TPSA) is 62.3 Å². The Bertz CT molecular complexity index is 516. The monoisotopic (exact) mass is 337 g/mol. The van der Waals surface area contributed by atoms with Gasteiger partial charge in [-0.3, -0.25) is 9.59 Å². The summed E-state index contributed by atoms with van der Waals surface area (Å²) in [6, 6.07) is -0.436. The van der Waals surface area contributed by atoms with E-state index in [4.69, 9.17) is 0 Å². The lowest BCUT2D eigenvalue weighted by Gasteiger charge is -2.35. The van der Waals surface area contributed by atoms with Crippen molar-refractivity contribution in [2.75, 3.05) is 6.54 Å². The van der Waals surface area contributed by atoms with Crippen LogP contribution in [0.5, 0.6) is 0 Å². The first-order valence-corrected chi connectivity index (χ1v) is 9.40. The molecule has 2 atom stereocenters. The molecule has 2 amide bonds. The molecule has 1 aliphatic rings. The number of carbonyl (C=O) groups excluding carboxylic acids is 2. The highest BCUT2D eigenvalue weighted by molar-refractivity contribution is 7.09. The molecule has 1 aliphatic heterocycles. The van der Waals surface area contributed by atoms with Gasteiger partial charge >= 0.3 is 0 Å². The van der Waals surface area contributed by atoms with Crippen molar-refractivity contribution in [1.82, 2.24) is 15.2 Å². The van der Waals surface area contributed by atoms with Gasteiger partial charge in [0.25, 0.3) is 0 Å². The highest BCUT2D eigenvalue weighted by Gasteiger charge is 2.33. The van der Waals surface area contributed by atoms with Crippen molar-refractivity contribution < 1.29 is 9.59 Å². The van der Waals surface area contributed by atoms with Crippen molar-refractivity contribution in [3.63, 3.8) is 0 Å². The number of thiazole rings is 1. The maximum absolute atomic E-state index is 12.9.